The van der Waals surface area contributed by atoms with Crippen molar-refractivity contribution < 1.29 is 0 Å². The summed E-state index contributed by atoms with van der Waals surface area (Å²) in [5.41, 5.74) is 0. The Balaban J connectivity index is 2.33. The maximum Gasteiger partial charge on any atom is 0.0105 e. The molecule has 1 saturated carbocycles. The molecule has 1 aliphatic carbocycles. The van der Waals surface area contributed by atoms with Gasteiger partial charge < -0.3 is 10.2 Å². The minimum atomic E-state index is 0.711. The van der Waals surface area contributed by atoms with Crippen LogP contribution in [-0.4, -0.2) is 37.6 Å². The van der Waals surface area contributed by atoms with Gasteiger partial charge in [-0.05, 0) is 51.7 Å². The maximum absolute atomic E-state index is 3.28. The van der Waals surface area contributed by atoms with Crippen LogP contribution in [0, 0.1) is 11.8 Å². The van der Waals surface area contributed by atoms with E-state index in [1.807, 2.05) is 7.05 Å². The van der Waals surface area contributed by atoms with Gasteiger partial charge in [0, 0.05) is 12.6 Å². The van der Waals surface area contributed by atoms with E-state index < -0.39 is 0 Å². The fraction of sp³-hybridized carbons (Fsp3) is 1.00. The molecule has 0 saturated heterocycles. The van der Waals surface area contributed by atoms with Crippen LogP contribution in [0.2, 0.25) is 0 Å². The van der Waals surface area contributed by atoms with Crippen molar-refractivity contribution in [1.29, 1.82) is 0 Å². The van der Waals surface area contributed by atoms with Crippen molar-refractivity contribution in [1.82, 2.24) is 10.2 Å². The molecule has 0 bridgehead atoms. The molecule has 0 spiro atoms. The summed E-state index contributed by atoms with van der Waals surface area (Å²) in [5, 5.41) is 3.28. The first-order chi connectivity index (χ1) is 7.19. The number of nitrogens with one attached hydrogen (secondary N) is 1. The lowest BCUT2D eigenvalue weighted by atomic mass is 9.84. The fourth-order valence-corrected chi connectivity index (χ4v) is 2.44. The van der Waals surface area contributed by atoms with Gasteiger partial charge in [-0.2, -0.15) is 0 Å². The Morgan fingerprint density at radius 3 is 2.40 bits per heavy atom. The average Bonchev–Trinajstić information content (AvgIpc) is 2.16. The van der Waals surface area contributed by atoms with Crippen LogP contribution in [0.3, 0.4) is 0 Å². The van der Waals surface area contributed by atoms with Gasteiger partial charge in [0.25, 0.3) is 0 Å². The predicted molar refractivity (Wildman–Crippen MR) is 67.1 cm³/mol. The van der Waals surface area contributed by atoms with E-state index in [2.05, 4.69) is 31.0 Å². The average molecular weight is 212 g/mol. The highest BCUT2D eigenvalue weighted by Crippen LogP contribution is 2.28. The van der Waals surface area contributed by atoms with Crippen LogP contribution in [0.25, 0.3) is 0 Å². The van der Waals surface area contributed by atoms with Crippen molar-refractivity contribution in [3.8, 4) is 0 Å². The van der Waals surface area contributed by atoms with Gasteiger partial charge in [0.15, 0.2) is 0 Å². The van der Waals surface area contributed by atoms with Gasteiger partial charge in [-0.3, -0.25) is 0 Å². The van der Waals surface area contributed by atoms with Crippen molar-refractivity contribution in [3.05, 3.63) is 0 Å². The summed E-state index contributed by atoms with van der Waals surface area (Å²) >= 11 is 0. The predicted octanol–water partition coefficient (Wildman–Crippen LogP) is 2.35. The Kier molecular flexibility index (Phi) is 5.62. The van der Waals surface area contributed by atoms with Crippen LogP contribution in [-0.2, 0) is 0 Å². The van der Waals surface area contributed by atoms with Crippen LogP contribution in [0.4, 0.5) is 0 Å². The molecule has 0 radical (unpaired) electrons. The monoisotopic (exact) mass is 212 g/mol. The molecule has 0 aromatic carbocycles. The summed E-state index contributed by atoms with van der Waals surface area (Å²) in [6, 6.07) is 0.711. The highest BCUT2D eigenvalue weighted by atomic mass is 15.2. The third kappa shape index (κ3) is 3.76. The van der Waals surface area contributed by atoms with Crippen molar-refractivity contribution in [3.63, 3.8) is 0 Å². The molecule has 0 aliphatic heterocycles. The molecule has 1 aliphatic rings. The summed E-state index contributed by atoms with van der Waals surface area (Å²) in [4.78, 5) is 2.66. The summed E-state index contributed by atoms with van der Waals surface area (Å²) in [6.07, 6.45) is 4.38. The van der Waals surface area contributed by atoms with Crippen molar-refractivity contribution in [2.24, 2.45) is 11.8 Å². The largest absolute Gasteiger partial charge is 0.319 e. The summed E-state index contributed by atoms with van der Waals surface area (Å²) in [5.74, 6) is 1.74. The number of hydrogen-bond donors (Lipinski definition) is 1. The number of nitrogens with zero attached hydrogens (tertiary/aromatic N) is 1. The highest BCUT2D eigenvalue weighted by Gasteiger charge is 2.24. The van der Waals surface area contributed by atoms with Gasteiger partial charge in [0.05, 0.1) is 0 Å². The molecular weight excluding hydrogens is 184 g/mol. The van der Waals surface area contributed by atoms with E-state index in [9.17, 15) is 0 Å². The molecular formula is C13H28N2. The van der Waals surface area contributed by atoms with Crippen LogP contribution < -0.4 is 5.32 Å². The lowest BCUT2D eigenvalue weighted by Crippen LogP contribution is -2.44. The Bertz CT molecular complexity index is 166. The van der Waals surface area contributed by atoms with E-state index in [0.717, 1.165) is 18.4 Å². The van der Waals surface area contributed by atoms with E-state index in [-0.39, 0.29) is 0 Å². The minimum absolute atomic E-state index is 0.711. The van der Waals surface area contributed by atoms with Gasteiger partial charge in [-0.15, -0.1) is 0 Å². The zero-order valence-corrected chi connectivity index (χ0v) is 10.9. The molecule has 2 unspecified atom stereocenters. The summed E-state index contributed by atoms with van der Waals surface area (Å²) < 4.78 is 0. The van der Waals surface area contributed by atoms with Crippen LogP contribution in [0.15, 0.2) is 0 Å². The van der Waals surface area contributed by atoms with Crippen molar-refractivity contribution in [2.45, 2.75) is 46.1 Å². The standard InChI is InChI=1S/C13H28N2/c1-5-15(10-13-7-6-8-13)12(3)11(2)9-14-4/h11-14H,5-10H2,1-4H3. The lowest BCUT2D eigenvalue weighted by Gasteiger charge is -2.37. The molecule has 0 amide bonds. The Morgan fingerprint density at radius 1 is 1.33 bits per heavy atom. The van der Waals surface area contributed by atoms with Crippen LogP contribution >= 0.6 is 0 Å². The van der Waals surface area contributed by atoms with Crippen molar-refractivity contribution >= 4 is 0 Å². The smallest absolute Gasteiger partial charge is 0.0105 e. The SMILES string of the molecule is CCN(CC1CCC1)C(C)C(C)CNC. The molecule has 2 atom stereocenters. The van der Waals surface area contributed by atoms with Gasteiger partial charge >= 0.3 is 0 Å². The molecule has 0 heterocycles. The van der Waals surface area contributed by atoms with E-state index in [4.69, 9.17) is 0 Å². The molecule has 2 heteroatoms. The van der Waals surface area contributed by atoms with E-state index in [1.165, 1.54) is 32.4 Å². The van der Waals surface area contributed by atoms with E-state index >= 15 is 0 Å². The number of rotatable bonds is 7. The minimum Gasteiger partial charge on any atom is -0.319 e. The normalized spacial score (nSPS) is 21.4. The van der Waals surface area contributed by atoms with E-state index in [1.54, 1.807) is 0 Å². The molecule has 0 aromatic rings. The quantitative estimate of drug-likeness (QED) is 0.697. The fourth-order valence-electron chi connectivity index (χ4n) is 2.44. The van der Waals surface area contributed by atoms with Gasteiger partial charge in [0.1, 0.15) is 0 Å². The lowest BCUT2D eigenvalue weighted by molar-refractivity contribution is 0.116. The zero-order valence-electron chi connectivity index (χ0n) is 10.9. The molecule has 2 nitrogen and oxygen atoms in total. The van der Waals surface area contributed by atoms with E-state index in [0.29, 0.717) is 6.04 Å². The van der Waals surface area contributed by atoms with Crippen molar-refractivity contribution in [2.75, 3.05) is 26.7 Å². The first kappa shape index (κ1) is 13.0. The second-order valence-corrected chi connectivity index (χ2v) is 5.16. The van der Waals surface area contributed by atoms with Gasteiger partial charge in [0.2, 0.25) is 0 Å². The summed E-state index contributed by atoms with van der Waals surface area (Å²) in [7, 11) is 2.05. The molecule has 15 heavy (non-hydrogen) atoms. The third-order valence-corrected chi connectivity index (χ3v) is 4.05. The summed E-state index contributed by atoms with van der Waals surface area (Å²) in [6.45, 7) is 10.7. The molecule has 0 aromatic heterocycles. The highest BCUT2D eigenvalue weighted by molar-refractivity contribution is 4.79. The Morgan fingerprint density at radius 2 is 2.00 bits per heavy atom. The van der Waals surface area contributed by atoms with Gasteiger partial charge in [-0.25, -0.2) is 0 Å². The second-order valence-electron chi connectivity index (χ2n) is 5.16. The van der Waals surface area contributed by atoms with Gasteiger partial charge in [-0.1, -0.05) is 20.3 Å². The molecule has 1 fully saturated rings. The first-order valence-corrected chi connectivity index (χ1v) is 6.57. The topological polar surface area (TPSA) is 15.3 Å². The zero-order chi connectivity index (χ0) is 11.3. The third-order valence-electron chi connectivity index (χ3n) is 4.05. The molecule has 90 valence electrons. The second kappa shape index (κ2) is 6.49. The Labute approximate surface area is 95.4 Å². The first-order valence-electron chi connectivity index (χ1n) is 6.57. The maximum atomic E-state index is 3.28. The van der Waals surface area contributed by atoms with Crippen LogP contribution in [0.1, 0.15) is 40.0 Å². The van der Waals surface area contributed by atoms with Crippen LogP contribution in [0.5, 0.6) is 0 Å². The molecule has 1 N–H and O–H groups in total. The Hall–Kier alpha value is -0.0800. The molecule has 1 rings (SSSR count). The number of hydrogen-bond acceptors (Lipinski definition) is 2.